The average molecular weight is 219 g/mol. The highest BCUT2D eigenvalue weighted by molar-refractivity contribution is 7.10. The van der Waals surface area contributed by atoms with Gasteiger partial charge in [0.1, 0.15) is 5.82 Å². The van der Waals surface area contributed by atoms with Gasteiger partial charge in [-0.2, -0.15) is 0 Å². The van der Waals surface area contributed by atoms with Crippen molar-refractivity contribution in [1.82, 2.24) is 4.98 Å². The highest BCUT2D eigenvalue weighted by atomic mass is 32.1. The summed E-state index contributed by atoms with van der Waals surface area (Å²) in [4.78, 5) is 5.51. The van der Waals surface area contributed by atoms with Gasteiger partial charge in [-0.3, -0.25) is 0 Å². The molecular formula is C11H13N3S. The van der Waals surface area contributed by atoms with Crippen LogP contribution in [0.25, 0.3) is 0 Å². The minimum Gasteiger partial charge on any atom is -0.399 e. The maximum atomic E-state index is 5.66. The molecule has 0 saturated heterocycles. The summed E-state index contributed by atoms with van der Waals surface area (Å²) >= 11 is 1.75. The molecule has 2 heterocycles. The van der Waals surface area contributed by atoms with E-state index in [4.69, 9.17) is 5.73 Å². The van der Waals surface area contributed by atoms with Gasteiger partial charge in [0, 0.05) is 22.8 Å². The number of hydrogen-bond donors (Lipinski definition) is 2. The number of pyridine rings is 1. The number of thiophene rings is 1. The molecule has 0 spiro atoms. The molecule has 78 valence electrons. The van der Waals surface area contributed by atoms with E-state index in [1.54, 1.807) is 23.6 Å². The van der Waals surface area contributed by atoms with E-state index in [1.807, 2.05) is 6.07 Å². The van der Waals surface area contributed by atoms with Crippen molar-refractivity contribution in [2.75, 3.05) is 11.1 Å². The van der Waals surface area contributed by atoms with Crippen molar-refractivity contribution in [2.45, 2.75) is 13.5 Å². The van der Waals surface area contributed by atoms with Gasteiger partial charge in [0.15, 0.2) is 0 Å². The fourth-order valence-electron chi connectivity index (χ4n) is 1.30. The maximum absolute atomic E-state index is 5.66. The molecule has 2 aromatic heterocycles. The quantitative estimate of drug-likeness (QED) is 0.834. The molecule has 0 bridgehead atoms. The molecule has 3 N–H and O–H groups in total. The van der Waals surface area contributed by atoms with Crippen molar-refractivity contribution < 1.29 is 0 Å². The lowest BCUT2D eigenvalue weighted by molar-refractivity contribution is 1.13. The van der Waals surface area contributed by atoms with Crippen LogP contribution in [-0.2, 0) is 6.54 Å². The number of rotatable bonds is 3. The molecule has 15 heavy (non-hydrogen) atoms. The molecule has 0 aromatic carbocycles. The van der Waals surface area contributed by atoms with Crippen molar-refractivity contribution in [3.63, 3.8) is 0 Å². The van der Waals surface area contributed by atoms with Crippen molar-refractivity contribution in [1.29, 1.82) is 0 Å². The summed E-state index contributed by atoms with van der Waals surface area (Å²) in [5.41, 5.74) is 7.71. The minimum absolute atomic E-state index is 0.732. The number of nitrogens with zero attached hydrogens (tertiary/aromatic N) is 1. The Balaban J connectivity index is 2.02. The van der Waals surface area contributed by atoms with Gasteiger partial charge in [0.05, 0.1) is 6.54 Å². The molecule has 4 heteroatoms. The summed E-state index contributed by atoms with van der Waals surface area (Å²) in [6.45, 7) is 2.92. The van der Waals surface area contributed by atoms with Gasteiger partial charge < -0.3 is 11.1 Å². The monoisotopic (exact) mass is 219 g/mol. The topological polar surface area (TPSA) is 50.9 Å². The van der Waals surface area contributed by atoms with Crippen LogP contribution in [0.1, 0.15) is 10.4 Å². The van der Waals surface area contributed by atoms with Gasteiger partial charge in [-0.15, -0.1) is 11.3 Å². The predicted molar refractivity (Wildman–Crippen MR) is 65.0 cm³/mol. The number of nitrogens with one attached hydrogen (secondary N) is 1. The average Bonchev–Trinajstić information content (AvgIpc) is 2.61. The molecular weight excluding hydrogens is 206 g/mol. The molecule has 0 amide bonds. The zero-order valence-corrected chi connectivity index (χ0v) is 9.34. The highest BCUT2D eigenvalue weighted by Crippen LogP contribution is 2.17. The lowest BCUT2D eigenvalue weighted by Crippen LogP contribution is -2.01. The van der Waals surface area contributed by atoms with Crippen LogP contribution in [0.5, 0.6) is 0 Å². The standard InChI is InChI=1S/C11H13N3S/c1-8-3-5-15-10(8)7-14-11-6-9(12)2-4-13-11/h2-6H,7H2,1H3,(H3,12,13,14). The van der Waals surface area contributed by atoms with Gasteiger partial charge in [-0.05, 0) is 30.0 Å². The lowest BCUT2D eigenvalue weighted by atomic mass is 10.3. The number of aryl methyl sites for hydroxylation is 1. The Hall–Kier alpha value is -1.55. The Kier molecular flexibility index (Phi) is 2.87. The number of anilines is 2. The Morgan fingerprint density at radius 1 is 1.47 bits per heavy atom. The zero-order valence-electron chi connectivity index (χ0n) is 8.53. The maximum Gasteiger partial charge on any atom is 0.128 e. The van der Waals surface area contributed by atoms with Crippen LogP contribution < -0.4 is 11.1 Å². The summed E-state index contributed by atoms with van der Waals surface area (Å²) in [5.74, 6) is 0.822. The van der Waals surface area contributed by atoms with Crippen LogP contribution >= 0.6 is 11.3 Å². The molecule has 0 fully saturated rings. The van der Waals surface area contributed by atoms with Crippen molar-refractivity contribution in [3.05, 3.63) is 40.2 Å². The Morgan fingerprint density at radius 3 is 3.00 bits per heavy atom. The molecule has 0 atom stereocenters. The summed E-state index contributed by atoms with van der Waals surface area (Å²) in [5, 5.41) is 5.34. The van der Waals surface area contributed by atoms with Crippen LogP contribution in [0.3, 0.4) is 0 Å². The summed E-state index contributed by atoms with van der Waals surface area (Å²) < 4.78 is 0. The summed E-state index contributed by atoms with van der Waals surface area (Å²) in [6, 6.07) is 5.74. The van der Waals surface area contributed by atoms with Crippen LogP contribution in [0.4, 0.5) is 11.5 Å². The van der Waals surface area contributed by atoms with E-state index in [9.17, 15) is 0 Å². The van der Waals surface area contributed by atoms with Crippen LogP contribution in [0.2, 0.25) is 0 Å². The largest absolute Gasteiger partial charge is 0.399 e. The Labute approximate surface area is 93.0 Å². The van der Waals surface area contributed by atoms with E-state index in [0.29, 0.717) is 0 Å². The molecule has 2 aromatic rings. The third-order valence-electron chi connectivity index (χ3n) is 2.18. The summed E-state index contributed by atoms with van der Waals surface area (Å²) in [7, 11) is 0. The second kappa shape index (κ2) is 4.31. The SMILES string of the molecule is Cc1ccsc1CNc1cc(N)ccn1. The first kappa shape index (κ1) is 9.98. The van der Waals surface area contributed by atoms with Crippen molar-refractivity contribution >= 4 is 22.8 Å². The predicted octanol–water partition coefficient (Wildman–Crippen LogP) is 2.65. The van der Waals surface area contributed by atoms with Gasteiger partial charge in [0.2, 0.25) is 0 Å². The highest BCUT2D eigenvalue weighted by Gasteiger charge is 2.00. The molecule has 0 radical (unpaired) electrons. The van der Waals surface area contributed by atoms with Crippen LogP contribution in [-0.4, -0.2) is 4.98 Å². The Morgan fingerprint density at radius 2 is 2.33 bits per heavy atom. The molecule has 3 nitrogen and oxygen atoms in total. The van der Waals surface area contributed by atoms with E-state index in [1.165, 1.54) is 10.4 Å². The number of hydrogen-bond acceptors (Lipinski definition) is 4. The minimum atomic E-state index is 0.732. The third kappa shape index (κ3) is 2.47. The molecule has 2 rings (SSSR count). The first-order valence-electron chi connectivity index (χ1n) is 4.74. The second-order valence-corrected chi connectivity index (χ2v) is 4.36. The molecule has 0 aliphatic carbocycles. The Bertz CT molecular complexity index is 451. The van der Waals surface area contributed by atoms with E-state index >= 15 is 0 Å². The van der Waals surface area contributed by atoms with Gasteiger partial charge in [-0.1, -0.05) is 0 Å². The normalized spacial score (nSPS) is 10.2. The van der Waals surface area contributed by atoms with Crippen molar-refractivity contribution in [2.24, 2.45) is 0 Å². The fraction of sp³-hybridized carbons (Fsp3) is 0.182. The van der Waals surface area contributed by atoms with E-state index in [2.05, 4.69) is 28.7 Å². The number of aromatic nitrogens is 1. The first-order valence-corrected chi connectivity index (χ1v) is 5.62. The van der Waals surface area contributed by atoms with Gasteiger partial charge in [0.25, 0.3) is 0 Å². The van der Waals surface area contributed by atoms with E-state index in [0.717, 1.165) is 18.1 Å². The molecule has 0 unspecified atom stereocenters. The molecule has 0 aliphatic rings. The van der Waals surface area contributed by atoms with Gasteiger partial charge in [-0.25, -0.2) is 4.98 Å². The lowest BCUT2D eigenvalue weighted by Gasteiger charge is -2.05. The van der Waals surface area contributed by atoms with E-state index < -0.39 is 0 Å². The first-order chi connectivity index (χ1) is 7.25. The van der Waals surface area contributed by atoms with Crippen molar-refractivity contribution in [3.8, 4) is 0 Å². The van der Waals surface area contributed by atoms with Gasteiger partial charge >= 0.3 is 0 Å². The number of nitrogen functional groups attached to an aromatic ring is 1. The molecule has 0 saturated carbocycles. The van der Waals surface area contributed by atoms with E-state index in [-0.39, 0.29) is 0 Å². The number of nitrogens with two attached hydrogens (primary N) is 1. The zero-order chi connectivity index (χ0) is 10.7. The van der Waals surface area contributed by atoms with Crippen LogP contribution in [0, 0.1) is 6.92 Å². The second-order valence-electron chi connectivity index (χ2n) is 3.35. The fourth-order valence-corrected chi connectivity index (χ4v) is 2.15. The third-order valence-corrected chi connectivity index (χ3v) is 3.21. The molecule has 0 aliphatic heterocycles. The summed E-state index contributed by atoms with van der Waals surface area (Å²) in [6.07, 6.45) is 1.71. The van der Waals surface area contributed by atoms with Crippen LogP contribution in [0.15, 0.2) is 29.8 Å². The smallest absolute Gasteiger partial charge is 0.128 e.